The molecule has 0 unspecified atom stereocenters. The van der Waals surface area contributed by atoms with Crippen LogP contribution in [0.25, 0.3) is 10.9 Å². The smallest absolute Gasteiger partial charge is 0.261 e. The van der Waals surface area contributed by atoms with Crippen LogP contribution in [-0.4, -0.2) is 25.7 Å². The van der Waals surface area contributed by atoms with Crippen molar-refractivity contribution in [3.05, 3.63) is 81.3 Å². The van der Waals surface area contributed by atoms with Gasteiger partial charge in [0.1, 0.15) is 5.01 Å². The van der Waals surface area contributed by atoms with E-state index in [1.54, 1.807) is 29.1 Å². The van der Waals surface area contributed by atoms with Gasteiger partial charge in [-0.1, -0.05) is 49.4 Å². The first kappa shape index (κ1) is 19.9. The van der Waals surface area contributed by atoms with Gasteiger partial charge in [0.05, 0.1) is 23.8 Å². The molecule has 2 aromatic carbocycles. The zero-order valence-electron chi connectivity index (χ0n) is 16.7. The van der Waals surface area contributed by atoms with Crippen LogP contribution in [0.4, 0.5) is 5.13 Å². The number of nitrogens with one attached hydrogen (secondary N) is 1. The summed E-state index contributed by atoms with van der Waals surface area (Å²) in [6, 6.07) is 14.4. The molecule has 152 valence electrons. The first-order valence-corrected chi connectivity index (χ1v) is 10.5. The predicted molar refractivity (Wildman–Crippen MR) is 118 cm³/mol. The second-order valence-corrected chi connectivity index (χ2v) is 8.51. The van der Waals surface area contributed by atoms with Crippen LogP contribution >= 0.6 is 11.3 Å². The summed E-state index contributed by atoms with van der Waals surface area (Å²) >= 11 is 1.39. The number of hydrogen-bond donors (Lipinski definition) is 1. The topological polar surface area (TPSA) is 89.8 Å². The molecule has 0 aliphatic rings. The van der Waals surface area contributed by atoms with Crippen molar-refractivity contribution in [1.82, 2.24) is 19.7 Å². The molecule has 4 rings (SSSR count). The Labute approximate surface area is 177 Å². The van der Waals surface area contributed by atoms with Gasteiger partial charge in [-0.2, -0.15) is 0 Å². The van der Waals surface area contributed by atoms with Crippen molar-refractivity contribution in [3.63, 3.8) is 0 Å². The van der Waals surface area contributed by atoms with E-state index in [4.69, 9.17) is 0 Å². The zero-order chi connectivity index (χ0) is 21.1. The van der Waals surface area contributed by atoms with Crippen molar-refractivity contribution in [2.24, 2.45) is 5.92 Å². The third kappa shape index (κ3) is 4.44. The highest BCUT2D eigenvalue weighted by molar-refractivity contribution is 7.15. The number of nitrogens with zero attached hydrogens (tertiary/aromatic N) is 4. The van der Waals surface area contributed by atoms with Crippen LogP contribution in [0, 0.1) is 5.92 Å². The molecule has 2 heterocycles. The van der Waals surface area contributed by atoms with Crippen LogP contribution < -0.4 is 10.9 Å². The standard InChI is InChI=1S/C22H21N5O2S/c1-14(2)11-19-25-26-22(30-19)24-20(28)16-9-7-15(8-10-16)12-27-13-23-18-6-4-3-5-17(18)21(27)29/h3-10,13-14H,11-12H2,1-2H3,(H,24,26,28). The number of carbonyl (C=O) groups excluding carboxylic acids is 1. The maximum Gasteiger partial charge on any atom is 0.261 e. The lowest BCUT2D eigenvalue weighted by Gasteiger charge is -2.08. The fraction of sp³-hybridized carbons (Fsp3) is 0.227. The summed E-state index contributed by atoms with van der Waals surface area (Å²) in [5, 5.41) is 12.9. The second kappa shape index (κ2) is 8.54. The van der Waals surface area contributed by atoms with Gasteiger partial charge >= 0.3 is 0 Å². The number of rotatable bonds is 6. The summed E-state index contributed by atoms with van der Waals surface area (Å²) in [7, 11) is 0. The molecule has 0 bridgehead atoms. The van der Waals surface area contributed by atoms with E-state index in [-0.39, 0.29) is 11.5 Å². The third-order valence-electron chi connectivity index (χ3n) is 4.57. The number of benzene rings is 2. The number of fused-ring (bicyclic) bond motifs is 1. The molecule has 4 aromatic rings. The van der Waals surface area contributed by atoms with Crippen molar-refractivity contribution >= 4 is 33.3 Å². The fourth-order valence-corrected chi connectivity index (χ4v) is 4.03. The number of aromatic nitrogens is 4. The highest BCUT2D eigenvalue weighted by Gasteiger charge is 2.11. The van der Waals surface area contributed by atoms with Crippen LogP contribution in [-0.2, 0) is 13.0 Å². The molecular weight excluding hydrogens is 398 g/mol. The molecule has 0 saturated heterocycles. The summed E-state index contributed by atoms with van der Waals surface area (Å²) in [6.07, 6.45) is 2.39. The summed E-state index contributed by atoms with van der Waals surface area (Å²) in [4.78, 5) is 29.4. The van der Waals surface area contributed by atoms with Crippen LogP contribution in [0.3, 0.4) is 0 Å². The number of anilines is 1. The van der Waals surface area contributed by atoms with Gasteiger partial charge in [-0.3, -0.25) is 19.5 Å². The molecular formula is C22H21N5O2S. The van der Waals surface area contributed by atoms with Crippen molar-refractivity contribution in [1.29, 1.82) is 0 Å². The van der Waals surface area contributed by atoms with Gasteiger partial charge in [-0.05, 0) is 35.7 Å². The molecule has 0 fully saturated rings. The van der Waals surface area contributed by atoms with Crippen molar-refractivity contribution in [2.45, 2.75) is 26.8 Å². The van der Waals surface area contributed by atoms with Gasteiger partial charge in [-0.15, -0.1) is 10.2 Å². The van der Waals surface area contributed by atoms with Gasteiger partial charge in [0.2, 0.25) is 5.13 Å². The molecule has 0 aliphatic heterocycles. The van der Waals surface area contributed by atoms with E-state index < -0.39 is 0 Å². The summed E-state index contributed by atoms with van der Waals surface area (Å²) < 4.78 is 1.56. The SMILES string of the molecule is CC(C)Cc1nnc(NC(=O)c2ccc(Cn3cnc4ccccc4c3=O)cc2)s1. The average molecular weight is 420 g/mol. The van der Waals surface area contributed by atoms with E-state index in [0.717, 1.165) is 17.0 Å². The number of amides is 1. The lowest BCUT2D eigenvalue weighted by molar-refractivity contribution is 0.102. The summed E-state index contributed by atoms with van der Waals surface area (Å²) in [5.41, 5.74) is 2.01. The van der Waals surface area contributed by atoms with Gasteiger partial charge in [-0.25, -0.2) is 4.98 Å². The first-order valence-electron chi connectivity index (χ1n) is 9.66. The molecule has 1 N–H and O–H groups in total. The maximum absolute atomic E-state index is 12.6. The van der Waals surface area contributed by atoms with E-state index in [2.05, 4.69) is 34.3 Å². The molecule has 8 heteroatoms. The minimum Gasteiger partial charge on any atom is -0.296 e. The number of para-hydroxylation sites is 1. The quantitative estimate of drug-likeness (QED) is 0.514. The highest BCUT2D eigenvalue weighted by atomic mass is 32.1. The van der Waals surface area contributed by atoms with Crippen LogP contribution in [0.1, 0.15) is 34.8 Å². The normalized spacial score (nSPS) is 11.2. The van der Waals surface area contributed by atoms with Crippen LogP contribution in [0.15, 0.2) is 59.7 Å². The van der Waals surface area contributed by atoms with Gasteiger partial charge in [0.15, 0.2) is 0 Å². The lowest BCUT2D eigenvalue weighted by Crippen LogP contribution is -2.21. The minimum atomic E-state index is -0.238. The molecule has 0 aliphatic carbocycles. The Morgan fingerprint density at radius 2 is 1.87 bits per heavy atom. The van der Waals surface area contributed by atoms with Gasteiger partial charge in [0, 0.05) is 12.0 Å². The fourth-order valence-electron chi connectivity index (χ4n) is 3.08. The Kier molecular flexibility index (Phi) is 5.67. The van der Waals surface area contributed by atoms with E-state index in [1.807, 2.05) is 30.3 Å². The molecule has 0 saturated carbocycles. The number of carbonyl (C=O) groups is 1. The monoisotopic (exact) mass is 419 g/mol. The Hall–Kier alpha value is -3.39. The van der Waals surface area contributed by atoms with Gasteiger partial charge in [0.25, 0.3) is 11.5 Å². The minimum absolute atomic E-state index is 0.0871. The van der Waals surface area contributed by atoms with Crippen molar-refractivity contribution < 1.29 is 4.79 Å². The molecule has 30 heavy (non-hydrogen) atoms. The summed E-state index contributed by atoms with van der Waals surface area (Å²) in [6.45, 7) is 4.61. The van der Waals surface area contributed by atoms with E-state index >= 15 is 0 Å². The highest BCUT2D eigenvalue weighted by Crippen LogP contribution is 2.19. The Balaban J connectivity index is 1.45. The van der Waals surface area contributed by atoms with E-state index in [0.29, 0.717) is 34.1 Å². The van der Waals surface area contributed by atoms with Crippen molar-refractivity contribution in [3.8, 4) is 0 Å². The van der Waals surface area contributed by atoms with Crippen LogP contribution in [0.5, 0.6) is 0 Å². The van der Waals surface area contributed by atoms with E-state index in [1.165, 1.54) is 11.3 Å². The van der Waals surface area contributed by atoms with Crippen LogP contribution in [0.2, 0.25) is 0 Å². The van der Waals surface area contributed by atoms with E-state index in [9.17, 15) is 9.59 Å². The molecule has 0 radical (unpaired) electrons. The Morgan fingerprint density at radius 3 is 2.63 bits per heavy atom. The maximum atomic E-state index is 12.6. The molecule has 0 spiro atoms. The van der Waals surface area contributed by atoms with Gasteiger partial charge < -0.3 is 0 Å². The third-order valence-corrected chi connectivity index (χ3v) is 5.43. The zero-order valence-corrected chi connectivity index (χ0v) is 17.5. The molecule has 2 aromatic heterocycles. The molecule has 1 amide bonds. The largest absolute Gasteiger partial charge is 0.296 e. The Morgan fingerprint density at radius 1 is 1.10 bits per heavy atom. The average Bonchev–Trinajstić information content (AvgIpc) is 3.16. The molecule has 7 nitrogen and oxygen atoms in total. The lowest BCUT2D eigenvalue weighted by atomic mass is 10.1. The molecule has 0 atom stereocenters. The van der Waals surface area contributed by atoms with Crippen molar-refractivity contribution in [2.75, 3.05) is 5.32 Å². The second-order valence-electron chi connectivity index (χ2n) is 7.44. The first-order chi connectivity index (χ1) is 14.5. The number of hydrogen-bond acceptors (Lipinski definition) is 6. The summed E-state index contributed by atoms with van der Waals surface area (Å²) in [5.74, 6) is 0.248. The predicted octanol–water partition coefficient (Wildman–Crippen LogP) is 3.75. The Bertz CT molecular complexity index is 1240.